The van der Waals surface area contributed by atoms with Crippen LogP contribution >= 0.6 is 11.3 Å². The normalized spacial score (nSPS) is 14.7. The van der Waals surface area contributed by atoms with Crippen molar-refractivity contribution in [1.29, 1.82) is 0 Å². The van der Waals surface area contributed by atoms with Crippen molar-refractivity contribution in [1.82, 2.24) is 19.9 Å². The minimum absolute atomic E-state index is 0.852. The van der Waals surface area contributed by atoms with Crippen molar-refractivity contribution in [2.45, 2.75) is 26.4 Å². The molecule has 3 aromatic rings. The molecule has 1 aliphatic rings. The molecule has 5 heteroatoms. The number of aromatic nitrogens is 3. The van der Waals surface area contributed by atoms with Crippen LogP contribution in [0.15, 0.2) is 41.9 Å². The minimum atomic E-state index is 0.852. The van der Waals surface area contributed by atoms with Gasteiger partial charge >= 0.3 is 0 Å². The number of aryl methyl sites for hydroxylation is 1. The van der Waals surface area contributed by atoms with Gasteiger partial charge in [-0.2, -0.15) is 0 Å². The Balaban J connectivity index is 1.48. The molecule has 1 aromatic carbocycles. The highest BCUT2D eigenvalue weighted by Crippen LogP contribution is 2.25. The van der Waals surface area contributed by atoms with Crippen molar-refractivity contribution in [3.8, 4) is 10.6 Å². The van der Waals surface area contributed by atoms with Crippen molar-refractivity contribution in [3.63, 3.8) is 0 Å². The zero-order chi connectivity index (χ0) is 15.6. The molecule has 3 heterocycles. The van der Waals surface area contributed by atoms with E-state index in [4.69, 9.17) is 4.98 Å². The summed E-state index contributed by atoms with van der Waals surface area (Å²) in [7, 11) is 0. The Morgan fingerprint density at radius 2 is 2.04 bits per heavy atom. The predicted molar refractivity (Wildman–Crippen MR) is 92.1 cm³/mol. The summed E-state index contributed by atoms with van der Waals surface area (Å²) in [5.41, 5.74) is 4.79. The van der Waals surface area contributed by atoms with Gasteiger partial charge in [0, 0.05) is 36.8 Å². The third-order valence-corrected chi connectivity index (χ3v) is 5.04. The Morgan fingerprint density at radius 1 is 1.17 bits per heavy atom. The first-order valence-electron chi connectivity index (χ1n) is 7.81. The summed E-state index contributed by atoms with van der Waals surface area (Å²) in [6, 6.07) is 10.4. The largest absolute Gasteiger partial charge is 0.291 e. The predicted octanol–water partition coefficient (Wildman–Crippen LogP) is 3.47. The average molecular weight is 322 g/mol. The number of thiazole rings is 1. The molecule has 2 aromatic heterocycles. The lowest BCUT2D eigenvalue weighted by molar-refractivity contribution is 0.238. The molecule has 0 spiro atoms. The molecule has 0 bridgehead atoms. The fraction of sp³-hybridized carbons (Fsp3) is 0.278. The fourth-order valence-corrected chi connectivity index (χ4v) is 3.73. The van der Waals surface area contributed by atoms with E-state index >= 15 is 0 Å². The van der Waals surface area contributed by atoms with Gasteiger partial charge in [0.2, 0.25) is 0 Å². The number of benzene rings is 1. The van der Waals surface area contributed by atoms with Gasteiger partial charge < -0.3 is 0 Å². The SMILES string of the molecule is Cc1ncc2c(n1)CN(Cc1csc(-c3ccccc3)n1)CC2. The quantitative estimate of drug-likeness (QED) is 0.740. The van der Waals surface area contributed by atoms with Crippen LogP contribution in [0.1, 0.15) is 22.8 Å². The van der Waals surface area contributed by atoms with Gasteiger partial charge in [0.15, 0.2) is 0 Å². The van der Waals surface area contributed by atoms with Crippen molar-refractivity contribution < 1.29 is 0 Å². The van der Waals surface area contributed by atoms with Crippen LogP contribution in [0, 0.1) is 6.92 Å². The smallest absolute Gasteiger partial charge is 0.125 e. The Morgan fingerprint density at radius 3 is 2.91 bits per heavy atom. The van der Waals surface area contributed by atoms with Crippen molar-refractivity contribution in [2.75, 3.05) is 6.54 Å². The van der Waals surface area contributed by atoms with Gasteiger partial charge in [0.05, 0.1) is 11.4 Å². The highest BCUT2D eigenvalue weighted by molar-refractivity contribution is 7.13. The molecule has 116 valence electrons. The van der Waals surface area contributed by atoms with Gasteiger partial charge in [-0.1, -0.05) is 30.3 Å². The maximum absolute atomic E-state index is 4.79. The van der Waals surface area contributed by atoms with Gasteiger partial charge in [-0.25, -0.2) is 15.0 Å². The van der Waals surface area contributed by atoms with Crippen LogP contribution < -0.4 is 0 Å². The summed E-state index contributed by atoms with van der Waals surface area (Å²) in [6.07, 6.45) is 3.00. The molecule has 0 radical (unpaired) electrons. The number of hydrogen-bond donors (Lipinski definition) is 0. The molecule has 0 saturated heterocycles. The summed E-state index contributed by atoms with van der Waals surface area (Å²) in [5, 5.41) is 3.26. The van der Waals surface area contributed by atoms with Crippen LogP contribution in [0.2, 0.25) is 0 Å². The van der Waals surface area contributed by atoms with E-state index in [-0.39, 0.29) is 0 Å². The molecule has 23 heavy (non-hydrogen) atoms. The van der Waals surface area contributed by atoms with Crippen LogP contribution in [0.25, 0.3) is 10.6 Å². The summed E-state index contributed by atoms with van der Waals surface area (Å²) >= 11 is 1.72. The Kier molecular flexibility index (Phi) is 3.89. The highest BCUT2D eigenvalue weighted by Gasteiger charge is 2.19. The van der Waals surface area contributed by atoms with E-state index in [1.807, 2.05) is 19.2 Å². The van der Waals surface area contributed by atoms with Gasteiger partial charge in [0.1, 0.15) is 10.8 Å². The highest BCUT2D eigenvalue weighted by atomic mass is 32.1. The maximum Gasteiger partial charge on any atom is 0.125 e. The van der Waals surface area contributed by atoms with Crippen molar-refractivity contribution in [3.05, 3.63) is 64.7 Å². The third-order valence-electron chi connectivity index (χ3n) is 4.10. The summed E-state index contributed by atoms with van der Waals surface area (Å²) in [4.78, 5) is 16.1. The molecule has 0 amide bonds. The lowest BCUT2D eigenvalue weighted by atomic mass is 10.1. The number of fused-ring (bicyclic) bond motifs is 1. The second-order valence-electron chi connectivity index (χ2n) is 5.86. The van der Waals surface area contributed by atoms with E-state index < -0.39 is 0 Å². The summed E-state index contributed by atoms with van der Waals surface area (Å²) in [6.45, 7) is 4.76. The van der Waals surface area contributed by atoms with Crippen molar-refractivity contribution in [2.24, 2.45) is 0 Å². The van der Waals surface area contributed by atoms with Crippen LogP contribution in [0.3, 0.4) is 0 Å². The van der Waals surface area contributed by atoms with E-state index in [1.54, 1.807) is 11.3 Å². The topological polar surface area (TPSA) is 41.9 Å². The fourth-order valence-electron chi connectivity index (χ4n) is 2.91. The summed E-state index contributed by atoms with van der Waals surface area (Å²) in [5.74, 6) is 0.852. The molecule has 1 aliphatic heterocycles. The summed E-state index contributed by atoms with van der Waals surface area (Å²) < 4.78 is 0. The van der Waals surface area contributed by atoms with E-state index in [0.29, 0.717) is 0 Å². The number of hydrogen-bond acceptors (Lipinski definition) is 5. The molecule has 0 N–H and O–H groups in total. The second-order valence-corrected chi connectivity index (χ2v) is 6.72. The standard InChI is InChI=1S/C18H18N4S/c1-13-19-9-15-7-8-22(11-17(15)20-13)10-16-12-23-18(21-16)14-5-3-2-4-6-14/h2-6,9,12H,7-8,10-11H2,1H3. The first-order chi connectivity index (χ1) is 11.3. The van der Waals surface area contributed by atoms with Crippen LogP contribution in [0.5, 0.6) is 0 Å². The number of rotatable bonds is 3. The monoisotopic (exact) mass is 322 g/mol. The average Bonchev–Trinajstić information content (AvgIpc) is 3.04. The zero-order valence-electron chi connectivity index (χ0n) is 13.1. The number of nitrogens with zero attached hydrogens (tertiary/aromatic N) is 4. The first kappa shape index (κ1) is 14.5. The van der Waals surface area contributed by atoms with E-state index in [1.165, 1.54) is 16.8 Å². The van der Waals surface area contributed by atoms with E-state index in [9.17, 15) is 0 Å². The zero-order valence-corrected chi connectivity index (χ0v) is 13.9. The van der Waals surface area contributed by atoms with Crippen LogP contribution in [0.4, 0.5) is 0 Å². The van der Waals surface area contributed by atoms with Gasteiger partial charge in [-0.3, -0.25) is 4.90 Å². The first-order valence-corrected chi connectivity index (χ1v) is 8.69. The third kappa shape index (κ3) is 3.16. The lowest BCUT2D eigenvalue weighted by Gasteiger charge is -2.27. The molecular formula is C18H18N4S. The molecule has 0 fully saturated rings. The van der Waals surface area contributed by atoms with Gasteiger partial charge in [0.25, 0.3) is 0 Å². The maximum atomic E-state index is 4.79. The molecule has 4 rings (SSSR count). The minimum Gasteiger partial charge on any atom is -0.291 e. The molecule has 0 saturated carbocycles. The Hall–Kier alpha value is -2.11. The van der Waals surface area contributed by atoms with Gasteiger partial charge in [-0.05, 0) is 18.9 Å². The molecule has 0 atom stereocenters. The molecule has 0 unspecified atom stereocenters. The molecular weight excluding hydrogens is 304 g/mol. The van der Waals surface area contributed by atoms with E-state index in [0.717, 1.165) is 42.6 Å². The lowest BCUT2D eigenvalue weighted by Crippen LogP contribution is -2.31. The van der Waals surface area contributed by atoms with Crippen molar-refractivity contribution >= 4 is 11.3 Å². The second kappa shape index (κ2) is 6.18. The van der Waals surface area contributed by atoms with E-state index in [2.05, 4.69) is 44.5 Å². The molecule has 4 nitrogen and oxygen atoms in total. The van der Waals surface area contributed by atoms with Crippen LogP contribution in [-0.4, -0.2) is 26.4 Å². The van der Waals surface area contributed by atoms with Gasteiger partial charge in [-0.15, -0.1) is 11.3 Å². The molecule has 0 aliphatic carbocycles. The van der Waals surface area contributed by atoms with Crippen LogP contribution in [-0.2, 0) is 19.5 Å². The Bertz CT molecular complexity index is 813. The Labute approximate surface area is 139 Å².